The van der Waals surface area contributed by atoms with Crippen molar-refractivity contribution in [3.63, 3.8) is 0 Å². The SMILES string of the molecule is CN(C)c1cc(N2CCCC[C@H]2CN)ncn1. The van der Waals surface area contributed by atoms with Crippen molar-refractivity contribution in [3.05, 3.63) is 12.4 Å². The molecule has 2 N–H and O–H groups in total. The lowest BCUT2D eigenvalue weighted by Crippen LogP contribution is -2.44. The van der Waals surface area contributed by atoms with Gasteiger partial charge in [0.05, 0.1) is 0 Å². The topological polar surface area (TPSA) is 58.3 Å². The van der Waals surface area contributed by atoms with Crippen LogP contribution < -0.4 is 15.5 Å². The molecular formula is C12H21N5. The van der Waals surface area contributed by atoms with Crippen molar-refractivity contribution in [2.45, 2.75) is 25.3 Å². The lowest BCUT2D eigenvalue weighted by atomic mass is 10.0. The zero-order chi connectivity index (χ0) is 12.3. The van der Waals surface area contributed by atoms with Gasteiger partial charge in [0.1, 0.15) is 18.0 Å². The molecule has 0 saturated carbocycles. The molecule has 1 atom stereocenters. The van der Waals surface area contributed by atoms with Crippen LogP contribution in [0.3, 0.4) is 0 Å². The van der Waals surface area contributed by atoms with Gasteiger partial charge < -0.3 is 15.5 Å². The van der Waals surface area contributed by atoms with E-state index in [0.29, 0.717) is 12.6 Å². The predicted octanol–water partition coefficient (Wildman–Crippen LogP) is 0.860. The van der Waals surface area contributed by atoms with Crippen LogP contribution in [-0.2, 0) is 0 Å². The van der Waals surface area contributed by atoms with E-state index in [2.05, 4.69) is 14.9 Å². The standard InChI is InChI=1S/C12H21N5/c1-16(2)11-7-12(15-9-14-11)17-6-4-3-5-10(17)8-13/h7,9-10H,3-6,8,13H2,1-2H3/t10-/m0/s1. The molecule has 2 rings (SSSR count). The summed E-state index contributed by atoms with van der Waals surface area (Å²) in [6.07, 6.45) is 5.28. The minimum absolute atomic E-state index is 0.425. The third-order valence-corrected chi connectivity index (χ3v) is 3.29. The lowest BCUT2D eigenvalue weighted by Gasteiger charge is -2.36. The molecule has 1 fully saturated rings. The first-order chi connectivity index (χ1) is 8.22. The smallest absolute Gasteiger partial charge is 0.134 e. The van der Waals surface area contributed by atoms with E-state index >= 15 is 0 Å². The van der Waals surface area contributed by atoms with E-state index in [1.165, 1.54) is 12.8 Å². The van der Waals surface area contributed by atoms with Crippen molar-refractivity contribution in [1.29, 1.82) is 0 Å². The van der Waals surface area contributed by atoms with Crippen LogP contribution in [0.25, 0.3) is 0 Å². The van der Waals surface area contributed by atoms with Crippen molar-refractivity contribution >= 4 is 11.6 Å². The average molecular weight is 235 g/mol. The maximum absolute atomic E-state index is 5.83. The van der Waals surface area contributed by atoms with Crippen molar-refractivity contribution < 1.29 is 0 Å². The Hall–Kier alpha value is -1.36. The summed E-state index contributed by atoms with van der Waals surface area (Å²) in [6.45, 7) is 1.74. The zero-order valence-corrected chi connectivity index (χ0v) is 10.6. The molecule has 0 spiro atoms. The van der Waals surface area contributed by atoms with E-state index in [1.54, 1.807) is 6.33 Å². The van der Waals surface area contributed by atoms with Gasteiger partial charge in [0.15, 0.2) is 0 Å². The third kappa shape index (κ3) is 2.66. The van der Waals surface area contributed by atoms with Crippen LogP contribution in [0.1, 0.15) is 19.3 Å². The molecule has 0 bridgehead atoms. The number of hydrogen-bond acceptors (Lipinski definition) is 5. The Morgan fingerprint density at radius 3 is 2.94 bits per heavy atom. The first-order valence-electron chi connectivity index (χ1n) is 6.18. The Morgan fingerprint density at radius 1 is 1.41 bits per heavy atom. The molecule has 5 nitrogen and oxygen atoms in total. The third-order valence-electron chi connectivity index (χ3n) is 3.29. The summed E-state index contributed by atoms with van der Waals surface area (Å²) < 4.78 is 0. The van der Waals surface area contributed by atoms with Gasteiger partial charge in [-0.05, 0) is 19.3 Å². The van der Waals surface area contributed by atoms with Gasteiger partial charge in [-0.3, -0.25) is 0 Å². The number of anilines is 2. The molecule has 17 heavy (non-hydrogen) atoms. The van der Waals surface area contributed by atoms with Gasteiger partial charge in [0.25, 0.3) is 0 Å². The second-order valence-electron chi connectivity index (χ2n) is 4.71. The molecule has 1 aliphatic heterocycles. The summed E-state index contributed by atoms with van der Waals surface area (Å²) in [5, 5.41) is 0. The average Bonchev–Trinajstić information content (AvgIpc) is 2.39. The fourth-order valence-corrected chi connectivity index (χ4v) is 2.29. The highest BCUT2D eigenvalue weighted by atomic mass is 15.2. The molecule has 1 aromatic heterocycles. The fraction of sp³-hybridized carbons (Fsp3) is 0.667. The maximum Gasteiger partial charge on any atom is 0.134 e. The second kappa shape index (κ2) is 5.31. The molecule has 0 aromatic carbocycles. The minimum Gasteiger partial charge on any atom is -0.363 e. The molecule has 5 heteroatoms. The Kier molecular flexibility index (Phi) is 3.78. The van der Waals surface area contributed by atoms with Crippen LogP contribution in [0, 0.1) is 0 Å². The van der Waals surface area contributed by atoms with Gasteiger partial charge in [0.2, 0.25) is 0 Å². The van der Waals surface area contributed by atoms with Crippen molar-refractivity contribution in [3.8, 4) is 0 Å². The number of aromatic nitrogens is 2. The van der Waals surface area contributed by atoms with Gasteiger partial charge in [-0.2, -0.15) is 0 Å². The summed E-state index contributed by atoms with van der Waals surface area (Å²) in [5.41, 5.74) is 5.83. The summed E-state index contributed by atoms with van der Waals surface area (Å²) in [7, 11) is 3.98. The van der Waals surface area contributed by atoms with Crippen LogP contribution >= 0.6 is 0 Å². The lowest BCUT2D eigenvalue weighted by molar-refractivity contribution is 0.462. The normalized spacial score (nSPS) is 20.4. The van der Waals surface area contributed by atoms with Crippen LogP contribution in [0.2, 0.25) is 0 Å². The van der Waals surface area contributed by atoms with E-state index in [1.807, 2.05) is 25.1 Å². The van der Waals surface area contributed by atoms with Gasteiger partial charge in [-0.15, -0.1) is 0 Å². The molecule has 1 saturated heterocycles. The number of nitrogens with zero attached hydrogens (tertiary/aromatic N) is 4. The molecule has 1 aromatic rings. The van der Waals surface area contributed by atoms with E-state index in [0.717, 1.165) is 24.6 Å². The summed E-state index contributed by atoms with van der Waals surface area (Å²) in [5.74, 6) is 1.94. The number of nitrogens with two attached hydrogens (primary N) is 1. The monoisotopic (exact) mass is 235 g/mol. The van der Waals surface area contributed by atoms with Crippen LogP contribution in [0.5, 0.6) is 0 Å². The van der Waals surface area contributed by atoms with Crippen LogP contribution in [0.4, 0.5) is 11.6 Å². The van der Waals surface area contributed by atoms with E-state index in [4.69, 9.17) is 5.73 Å². The highest BCUT2D eigenvalue weighted by Gasteiger charge is 2.22. The largest absolute Gasteiger partial charge is 0.363 e. The van der Waals surface area contributed by atoms with E-state index in [-0.39, 0.29) is 0 Å². The van der Waals surface area contributed by atoms with Crippen molar-refractivity contribution in [2.75, 3.05) is 37.0 Å². The van der Waals surface area contributed by atoms with Crippen LogP contribution in [-0.4, -0.2) is 43.2 Å². The van der Waals surface area contributed by atoms with Crippen molar-refractivity contribution in [2.24, 2.45) is 5.73 Å². The summed E-state index contributed by atoms with van der Waals surface area (Å²) >= 11 is 0. The first kappa shape index (κ1) is 12.1. The van der Waals surface area contributed by atoms with Crippen LogP contribution in [0.15, 0.2) is 12.4 Å². The molecule has 0 amide bonds. The number of piperidine rings is 1. The highest BCUT2D eigenvalue weighted by molar-refractivity contribution is 5.50. The minimum atomic E-state index is 0.425. The Balaban J connectivity index is 2.22. The van der Waals surface area contributed by atoms with E-state index in [9.17, 15) is 0 Å². The molecular weight excluding hydrogens is 214 g/mol. The number of rotatable bonds is 3. The van der Waals surface area contributed by atoms with Gasteiger partial charge in [-0.1, -0.05) is 0 Å². The van der Waals surface area contributed by atoms with Gasteiger partial charge in [-0.25, -0.2) is 9.97 Å². The van der Waals surface area contributed by atoms with E-state index < -0.39 is 0 Å². The van der Waals surface area contributed by atoms with Crippen molar-refractivity contribution in [1.82, 2.24) is 9.97 Å². The Labute approximate surface area is 103 Å². The quantitative estimate of drug-likeness (QED) is 0.842. The highest BCUT2D eigenvalue weighted by Crippen LogP contribution is 2.24. The first-order valence-corrected chi connectivity index (χ1v) is 6.18. The van der Waals surface area contributed by atoms with Gasteiger partial charge in [0, 0.05) is 39.3 Å². The fourth-order valence-electron chi connectivity index (χ4n) is 2.29. The number of hydrogen-bond donors (Lipinski definition) is 1. The zero-order valence-electron chi connectivity index (χ0n) is 10.6. The molecule has 0 unspecified atom stereocenters. The molecule has 1 aliphatic rings. The summed E-state index contributed by atoms with van der Waals surface area (Å²) in [4.78, 5) is 12.9. The van der Waals surface area contributed by atoms with Gasteiger partial charge >= 0.3 is 0 Å². The predicted molar refractivity (Wildman–Crippen MR) is 70.4 cm³/mol. The molecule has 2 heterocycles. The molecule has 0 aliphatic carbocycles. The molecule has 0 radical (unpaired) electrons. The Morgan fingerprint density at radius 2 is 2.24 bits per heavy atom. The summed E-state index contributed by atoms with van der Waals surface area (Å²) in [6, 6.07) is 2.46. The Bertz CT molecular complexity index is 366. The molecule has 94 valence electrons. The maximum atomic E-state index is 5.83. The second-order valence-corrected chi connectivity index (χ2v) is 4.71.